The molecule has 0 aliphatic heterocycles. The number of unbranched alkanes of at least 4 members (excludes halogenated alkanes) is 2. The Morgan fingerprint density at radius 2 is 1.80 bits per heavy atom. The molecule has 0 unspecified atom stereocenters. The van der Waals surface area contributed by atoms with Gasteiger partial charge in [0, 0.05) is 6.61 Å². The van der Waals surface area contributed by atoms with Crippen molar-refractivity contribution >= 4 is 0 Å². The molecule has 0 heterocycles. The average molecular weight is 216 g/mol. The molecule has 90 valence electrons. The Morgan fingerprint density at radius 1 is 1.20 bits per heavy atom. The molecule has 0 radical (unpaired) electrons. The summed E-state index contributed by atoms with van der Waals surface area (Å²) in [7, 11) is 0. The molecule has 0 saturated heterocycles. The Labute approximate surface area is 93.7 Å². The molecule has 0 amide bonds. The van der Waals surface area contributed by atoms with Crippen LogP contribution in [0.1, 0.15) is 53.4 Å². The van der Waals surface area contributed by atoms with Crippen LogP contribution in [-0.4, -0.2) is 11.7 Å². The van der Waals surface area contributed by atoms with Crippen LogP contribution in [0.25, 0.3) is 0 Å². The SMILES string of the molecule is C/C=C(F)\C=C(/C)CCCCCO.CC. The molecule has 0 rings (SSSR count). The van der Waals surface area contributed by atoms with Crippen LogP contribution in [0.3, 0.4) is 0 Å². The van der Waals surface area contributed by atoms with Gasteiger partial charge in [0.2, 0.25) is 0 Å². The second-order valence-corrected chi connectivity index (χ2v) is 3.20. The van der Waals surface area contributed by atoms with Gasteiger partial charge in [0.1, 0.15) is 5.83 Å². The first-order chi connectivity index (χ1) is 7.20. The number of hydrogen-bond donors (Lipinski definition) is 1. The van der Waals surface area contributed by atoms with Crippen LogP contribution in [-0.2, 0) is 0 Å². The Bertz CT molecular complexity index is 183. The fourth-order valence-electron chi connectivity index (χ4n) is 1.08. The molecule has 15 heavy (non-hydrogen) atoms. The zero-order valence-electron chi connectivity index (χ0n) is 10.5. The maximum absolute atomic E-state index is 12.7. The second-order valence-electron chi connectivity index (χ2n) is 3.20. The number of hydrogen-bond acceptors (Lipinski definition) is 1. The lowest BCUT2D eigenvalue weighted by molar-refractivity contribution is 0.283. The summed E-state index contributed by atoms with van der Waals surface area (Å²) >= 11 is 0. The van der Waals surface area contributed by atoms with Crippen LogP contribution in [0.4, 0.5) is 4.39 Å². The molecule has 0 fully saturated rings. The summed E-state index contributed by atoms with van der Waals surface area (Å²) in [6.07, 6.45) is 6.83. The zero-order valence-corrected chi connectivity index (χ0v) is 10.5. The van der Waals surface area contributed by atoms with E-state index >= 15 is 0 Å². The summed E-state index contributed by atoms with van der Waals surface area (Å²) < 4.78 is 12.7. The van der Waals surface area contributed by atoms with Gasteiger partial charge in [-0.25, -0.2) is 4.39 Å². The van der Waals surface area contributed by atoms with Gasteiger partial charge in [-0.05, 0) is 39.2 Å². The van der Waals surface area contributed by atoms with Crippen LogP contribution in [0, 0.1) is 0 Å². The van der Waals surface area contributed by atoms with Crippen LogP contribution < -0.4 is 0 Å². The van der Waals surface area contributed by atoms with Gasteiger partial charge in [-0.3, -0.25) is 0 Å². The van der Waals surface area contributed by atoms with E-state index in [1.165, 1.54) is 6.08 Å². The van der Waals surface area contributed by atoms with E-state index in [2.05, 4.69) is 0 Å². The number of allylic oxidation sites excluding steroid dienone is 4. The van der Waals surface area contributed by atoms with E-state index in [9.17, 15) is 4.39 Å². The topological polar surface area (TPSA) is 20.2 Å². The highest BCUT2D eigenvalue weighted by Crippen LogP contribution is 2.11. The third kappa shape index (κ3) is 13.4. The Hall–Kier alpha value is -0.630. The largest absolute Gasteiger partial charge is 0.396 e. The van der Waals surface area contributed by atoms with Crippen LogP contribution in [0.5, 0.6) is 0 Å². The van der Waals surface area contributed by atoms with Crippen molar-refractivity contribution in [2.75, 3.05) is 6.61 Å². The molecular weight excluding hydrogens is 191 g/mol. The predicted molar refractivity (Wildman–Crippen MR) is 65.5 cm³/mol. The summed E-state index contributed by atoms with van der Waals surface area (Å²) in [5, 5.41) is 8.53. The maximum atomic E-state index is 12.7. The first-order valence-electron chi connectivity index (χ1n) is 5.80. The van der Waals surface area contributed by atoms with E-state index in [0.29, 0.717) is 0 Å². The summed E-state index contributed by atoms with van der Waals surface area (Å²) in [6.45, 7) is 7.87. The molecule has 0 aliphatic carbocycles. The van der Waals surface area contributed by atoms with Crippen molar-refractivity contribution in [1.29, 1.82) is 0 Å². The summed E-state index contributed by atoms with van der Waals surface area (Å²) in [5.41, 5.74) is 1.06. The minimum Gasteiger partial charge on any atom is -0.396 e. The van der Waals surface area contributed by atoms with Gasteiger partial charge < -0.3 is 5.11 Å². The van der Waals surface area contributed by atoms with Gasteiger partial charge in [-0.15, -0.1) is 0 Å². The molecule has 0 aromatic rings. The average Bonchev–Trinajstić information content (AvgIpc) is 2.27. The first-order valence-corrected chi connectivity index (χ1v) is 5.80. The predicted octanol–water partition coefficient (Wildman–Crippen LogP) is 4.38. The summed E-state index contributed by atoms with van der Waals surface area (Å²) in [4.78, 5) is 0. The zero-order chi connectivity index (χ0) is 12.1. The van der Waals surface area contributed by atoms with Crippen LogP contribution >= 0.6 is 0 Å². The highest BCUT2D eigenvalue weighted by atomic mass is 19.1. The van der Waals surface area contributed by atoms with Gasteiger partial charge in [0.05, 0.1) is 0 Å². The molecular formula is C13H25FO. The number of rotatable bonds is 6. The Balaban J connectivity index is 0. The number of aliphatic hydroxyl groups is 1. The maximum Gasteiger partial charge on any atom is 0.118 e. The van der Waals surface area contributed by atoms with Gasteiger partial charge >= 0.3 is 0 Å². The third-order valence-electron chi connectivity index (χ3n) is 1.89. The van der Waals surface area contributed by atoms with Gasteiger partial charge in [-0.2, -0.15) is 0 Å². The monoisotopic (exact) mass is 216 g/mol. The van der Waals surface area contributed by atoms with E-state index in [4.69, 9.17) is 5.11 Å². The molecule has 2 heteroatoms. The van der Waals surface area contributed by atoms with Crippen molar-refractivity contribution in [2.24, 2.45) is 0 Å². The molecule has 0 atom stereocenters. The third-order valence-corrected chi connectivity index (χ3v) is 1.89. The molecule has 0 aromatic heterocycles. The van der Waals surface area contributed by atoms with Crippen molar-refractivity contribution in [3.05, 3.63) is 23.6 Å². The molecule has 0 spiro atoms. The van der Waals surface area contributed by atoms with E-state index in [0.717, 1.165) is 31.3 Å². The Morgan fingerprint density at radius 3 is 2.27 bits per heavy atom. The second kappa shape index (κ2) is 13.4. The van der Waals surface area contributed by atoms with Crippen molar-refractivity contribution < 1.29 is 9.50 Å². The minimum absolute atomic E-state index is 0.167. The highest BCUT2D eigenvalue weighted by Gasteiger charge is 1.93. The fourth-order valence-corrected chi connectivity index (χ4v) is 1.08. The van der Waals surface area contributed by atoms with E-state index in [-0.39, 0.29) is 12.4 Å². The van der Waals surface area contributed by atoms with Crippen molar-refractivity contribution in [3.8, 4) is 0 Å². The fraction of sp³-hybridized carbons (Fsp3) is 0.692. The quantitative estimate of drug-likeness (QED) is 0.516. The number of aliphatic hydroxyl groups excluding tert-OH is 1. The normalized spacial score (nSPS) is 12.1. The Kier molecular flexibility index (Phi) is 15.0. The minimum atomic E-state index is -0.167. The summed E-state index contributed by atoms with van der Waals surface area (Å²) in [5.74, 6) is -0.167. The van der Waals surface area contributed by atoms with Crippen molar-refractivity contribution in [2.45, 2.75) is 53.4 Å². The lowest BCUT2D eigenvalue weighted by Gasteiger charge is -1.99. The smallest absolute Gasteiger partial charge is 0.118 e. The molecule has 1 N–H and O–H groups in total. The van der Waals surface area contributed by atoms with Crippen LogP contribution in [0.2, 0.25) is 0 Å². The van der Waals surface area contributed by atoms with Crippen molar-refractivity contribution in [1.82, 2.24) is 0 Å². The first kappa shape index (κ1) is 16.8. The van der Waals surface area contributed by atoms with E-state index in [1.54, 1.807) is 13.0 Å². The lowest BCUT2D eigenvalue weighted by atomic mass is 10.1. The van der Waals surface area contributed by atoms with Gasteiger partial charge in [0.15, 0.2) is 0 Å². The van der Waals surface area contributed by atoms with Crippen molar-refractivity contribution in [3.63, 3.8) is 0 Å². The standard InChI is InChI=1S/C11H19FO.C2H6/c1-3-11(12)9-10(2)7-5-4-6-8-13;1-2/h3,9,13H,4-8H2,1-2H3;1-2H3/b10-9+,11-3+;. The lowest BCUT2D eigenvalue weighted by Crippen LogP contribution is -1.84. The van der Waals surface area contributed by atoms with Crippen LogP contribution in [0.15, 0.2) is 23.6 Å². The van der Waals surface area contributed by atoms with E-state index in [1.807, 2.05) is 20.8 Å². The summed E-state index contributed by atoms with van der Waals surface area (Å²) in [6, 6.07) is 0. The molecule has 1 nitrogen and oxygen atoms in total. The van der Waals surface area contributed by atoms with Gasteiger partial charge in [-0.1, -0.05) is 31.9 Å². The molecule has 0 saturated carbocycles. The number of halogens is 1. The molecule has 0 aliphatic rings. The van der Waals surface area contributed by atoms with Gasteiger partial charge in [0.25, 0.3) is 0 Å². The van der Waals surface area contributed by atoms with E-state index < -0.39 is 0 Å². The highest BCUT2D eigenvalue weighted by molar-refractivity contribution is 5.15. The molecule has 0 aromatic carbocycles. The molecule has 0 bridgehead atoms.